The van der Waals surface area contributed by atoms with Crippen molar-refractivity contribution in [3.8, 4) is 5.75 Å². The zero-order chi connectivity index (χ0) is 39.6. The second kappa shape index (κ2) is 20.4. The quantitative estimate of drug-likeness (QED) is 0.115. The SMILES string of the molecule is CCCCCOc1ccc(C=Cc2nc(C(Cl)(Cl)Cl)nc(C(Cl)(Cl)Cl)n2)cc1.CN(C)c1ccc(C=Cc2nc(C(Cl)(Cl)Cl)nc(C(Cl)(Cl)Cl)n2)cc1. The Bertz CT molecular complexity index is 1770. The fraction of sp³-hybridized carbons (Fsp3) is 0.333. The maximum Gasteiger partial charge on any atom is 0.250 e. The number of alkyl halides is 12. The van der Waals surface area contributed by atoms with Gasteiger partial charge in [-0.2, -0.15) is 0 Å². The van der Waals surface area contributed by atoms with E-state index >= 15 is 0 Å². The Morgan fingerprint density at radius 2 is 0.868 bits per heavy atom. The van der Waals surface area contributed by atoms with E-state index in [1.165, 1.54) is 0 Å². The van der Waals surface area contributed by atoms with E-state index in [0.717, 1.165) is 41.8 Å². The molecule has 0 spiro atoms. The molecular weight excluding hydrogens is 936 g/mol. The molecule has 0 aliphatic carbocycles. The van der Waals surface area contributed by atoms with Crippen molar-refractivity contribution in [2.75, 3.05) is 25.6 Å². The fourth-order valence-electron chi connectivity index (χ4n) is 3.88. The van der Waals surface area contributed by atoms with Crippen molar-refractivity contribution in [3.05, 3.63) is 94.6 Å². The first-order chi connectivity index (χ1) is 24.6. The van der Waals surface area contributed by atoms with Crippen LogP contribution in [0.25, 0.3) is 24.3 Å². The Kier molecular flexibility index (Phi) is 17.9. The Labute approximate surface area is 368 Å². The number of unbranched alkanes of at least 4 members (excludes halogenated alkanes) is 2. The van der Waals surface area contributed by atoms with E-state index in [1.807, 2.05) is 67.5 Å². The summed E-state index contributed by atoms with van der Waals surface area (Å²) in [6, 6.07) is 15.4. The lowest BCUT2D eigenvalue weighted by Crippen LogP contribution is -2.16. The molecule has 53 heavy (non-hydrogen) atoms. The highest BCUT2D eigenvalue weighted by atomic mass is 35.6. The van der Waals surface area contributed by atoms with E-state index in [2.05, 4.69) is 36.8 Å². The number of halogens is 12. The third-order valence-corrected chi connectivity index (χ3v) is 8.50. The predicted octanol–water partition coefficient (Wildman–Crippen LogP) is 13.0. The summed E-state index contributed by atoms with van der Waals surface area (Å²) >= 11 is 70.2. The first-order valence-electron chi connectivity index (χ1n) is 15.2. The number of hydrogen-bond acceptors (Lipinski definition) is 8. The minimum Gasteiger partial charge on any atom is -0.494 e. The molecule has 0 N–H and O–H groups in total. The molecule has 20 heteroatoms. The van der Waals surface area contributed by atoms with Gasteiger partial charge in [0.1, 0.15) is 5.75 Å². The van der Waals surface area contributed by atoms with Crippen LogP contribution in [0.5, 0.6) is 5.75 Å². The van der Waals surface area contributed by atoms with Gasteiger partial charge in [-0.15, -0.1) is 0 Å². The Morgan fingerprint density at radius 3 is 1.19 bits per heavy atom. The molecule has 2 aromatic heterocycles. The second-order valence-corrected chi connectivity index (χ2v) is 20.1. The molecule has 0 radical (unpaired) electrons. The Balaban J connectivity index is 0.000000287. The minimum atomic E-state index is -1.88. The van der Waals surface area contributed by atoms with Crippen LogP contribution in [0, 0.1) is 0 Å². The number of ether oxygens (including phenoxy) is 1. The van der Waals surface area contributed by atoms with Crippen molar-refractivity contribution in [2.24, 2.45) is 0 Å². The number of benzene rings is 2. The van der Waals surface area contributed by atoms with Crippen LogP contribution < -0.4 is 9.64 Å². The lowest BCUT2D eigenvalue weighted by Gasteiger charge is -2.14. The first-order valence-corrected chi connectivity index (χ1v) is 19.8. The van der Waals surface area contributed by atoms with Crippen LogP contribution in [0.4, 0.5) is 5.69 Å². The summed E-state index contributed by atoms with van der Waals surface area (Å²) in [5, 5.41) is 0. The van der Waals surface area contributed by atoms with Gasteiger partial charge in [0.15, 0.2) is 34.9 Å². The number of anilines is 1. The van der Waals surface area contributed by atoms with Crippen LogP contribution in [-0.4, -0.2) is 50.6 Å². The van der Waals surface area contributed by atoms with Crippen molar-refractivity contribution >= 4 is 169 Å². The molecule has 0 atom stereocenters. The Hall–Kier alpha value is -0.980. The molecule has 8 nitrogen and oxygen atoms in total. The summed E-state index contributed by atoms with van der Waals surface area (Å²) in [6.45, 7) is 2.86. The lowest BCUT2D eigenvalue weighted by atomic mass is 10.2. The molecule has 0 bridgehead atoms. The molecule has 4 rings (SSSR count). The van der Waals surface area contributed by atoms with Crippen molar-refractivity contribution in [2.45, 2.75) is 41.4 Å². The molecule has 4 aromatic rings. The molecule has 2 heterocycles. The third-order valence-electron chi connectivity index (χ3n) is 6.48. The molecule has 0 aliphatic rings. The molecule has 0 unspecified atom stereocenters. The second-order valence-electron chi connectivity index (χ2n) is 10.9. The fourth-order valence-corrected chi connectivity index (χ4v) is 4.90. The van der Waals surface area contributed by atoms with Gasteiger partial charge in [-0.3, -0.25) is 0 Å². The van der Waals surface area contributed by atoms with Gasteiger partial charge < -0.3 is 9.64 Å². The van der Waals surface area contributed by atoms with Gasteiger partial charge in [-0.1, -0.05) is 195 Å². The maximum absolute atomic E-state index is 5.86. The van der Waals surface area contributed by atoms with Crippen molar-refractivity contribution in [1.82, 2.24) is 29.9 Å². The van der Waals surface area contributed by atoms with Gasteiger partial charge in [0, 0.05) is 19.8 Å². The zero-order valence-corrected chi connectivity index (χ0v) is 36.9. The minimum absolute atomic E-state index is 0.128. The van der Waals surface area contributed by atoms with Crippen LogP contribution in [0.3, 0.4) is 0 Å². The van der Waals surface area contributed by atoms with Crippen LogP contribution in [0.1, 0.15) is 72.3 Å². The summed E-state index contributed by atoms with van der Waals surface area (Å²) in [5.41, 5.74) is 2.90. The van der Waals surface area contributed by atoms with Gasteiger partial charge in [-0.05, 0) is 54.0 Å². The van der Waals surface area contributed by atoms with Gasteiger partial charge in [0.2, 0.25) is 15.2 Å². The molecular formula is C33H29Cl12N7O. The number of nitrogens with zero attached hydrogens (tertiary/aromatic N) is 7. The lowest BCUT2D eigenvalue weighted by molar-refractivity contribution is 0.306. The first kappa shape index (κ1) is 46.4. The maximum atomic E-state index is 5.86. The normalized spacial score (nSPS) is 12.6. The topological polar surface area (TPSA) is 89.8 Å². The number of aromatic nitrogens is 6. The highest BCUT2D eigenvalue weighted by molar-refractivity contribution is 6.68. The molecule has 0 saturated heterocycles. The zero-order valence-electron chi connectivity index (χ0n) is 27.8. The smallest absolute Gasteiger partial charge is 0.250 e. The van der Waals surface area contributed by atoms with E-state index in [1.54, 1.807) is 24.3 Å². The summed E-state index contributed by atoms with van der Waals surface area (Å²) in [4.78, 5) is 26.2. The average Bonchev–Trinajstić information content (AvgIpc) is 3.07. The monoisotopic (exact) mass is 959 g/mol. The molecule has 0 fully saturated rings. The average molecular weight is 965 g/mol. The largest absolute Gasteiger partial charge is 0.494 e. The van der Waals surface area contributed by atoms with Crippen LogP contribution in [0.2, 0.25) is 0 Å². The molecule has 0 aliphatic heterocycles. The molecule has 2 aromatic carbocycles. The highest BCUT2D eigenvalue weighted by Crippen LogP contribution is 2.41. The van der Waals surface area contributed by atoms with E-state index in [4.69, 9.17) is 144 Å². The van der Waals surface area contributed by atoms with Crippen molar-refractivity contribution in [1.29, 1.82) is 0 Å². The molecule has 286 valence electrons. The van der Waals surface area contributed by atoms with E-state index in [-0.39, 0.29) is 34.9 Å². The van der Waals surface area contributed by atoms with Crippen LogP contribution in [0.15, 0.2) is 48.5 Å². The van der Waals surface area contributed by atoms with Crippen LogP contribution in [-0.2, 0) is 15.2 Å². The van der Waals surface area contributed by atoms with Gasteiger partial charge in [0.05, 0.1) is 6.61 Å². The molecule has 0 saturated carbocycles. The van der Waals surface area contributed by atoms with Gasteiger partial charge in [-0.25, -0.2) is 29.9 Å². The number of hydrogen-bond donors (Lipinski definition) is 0. The summed E-state index contributed by atoms with van der Waals surface area (Å²) in [7, 11) is 3.93. The standard InChI is InChI=1S/C18H17Cl6N3O.C15H12Cl6N4/c1-2-3-4-11-28-13-8-5-12(6-9-13)7-10-14-25-15(17(19,20)21)27-16(26-14)18(22,23)24;1-25(2)10-6-3-9(4-7-10)5-8-11-22-12(14(16,17)18)24-13(23-11)15(19,20)21/h5-10H,2-4,11H2,1H3;3-8H,1-2H3. The van der Waals surface area contributed by atoms with Gasteiger partial charge >= 0.3 is 0 Å². The summed E-state index contributed by atoms with van der Waals surface area (Å²) < 4.78 is -1.82. The van der Waals surface area contributed by atoms with Crippen molar-refractivity contribution < 1.29 is 4.74 Å². The van der Waals surface area contributed by atoms with Crippen molar-refractivity contribution in [3.63, 3.8) is 0 Å². The molecule has 0 amide bonds. The van der Waals surface area contributed by atoms with E-state index in [9.17, 15) is 0 Å². The third kappa shape index (κ3) is 16.2. The Morgan fingerprint density at radius 1 is 0.509 bits per heavy atom. The van der Waals surface area contributed by atoms with Gasteiger partial charge in [0.25, 0.3) is 0 Å². The van der Waals surface area contributed by atoms with E-state index < -0.39 is 15.2 Å². The summed E-state index contributed by atoms with van der Waals surface area (Å²) in [5.74, 6) is 0.679. The highest BCUT2D eigenvalue weighted by Gasteiger charge is 2.34. The predicted molar refractivity (Wildman–Crippen MR) is 227 cm³/mol. The number of rotatable bonds is 10. The van der Waals surface area contributed by atoms with E-state index in [0.29, 0.717) is 6.61 Å². The summed E-state index contributed by atoms with van der Waals surface area (Å²) in [6.07, 6.45) is 10.1. The van der Waals surface area contributed by atoms with Crippen LogP contribution >= 0.6 is 139 Å².